The summed E-state index contributed by atoms with van der Waals surface area (Å²) in [4.78, 5) is 42.9. The van der Waals surface area contributed by atoms with Gasteiger partial charge in [-0.15, -0.1) is 0 Å². The fraction of sp³-hybridized carbons (Fsp3) is 0.739. The lowest BCUT2D eigenvalue weighted by atomic mass is 10.0. The lowest BCUT2D eigenvalue weighted by molar-refractivity contribution is -0.161. The Hall–Kier alpha value is -2.25. The molecule has 0 bridgehead atoms. The normalized spacial score (nSPS) is 13.0. The van der Waals surface area contributed by atoms with E-state index in [1.807, 2.05) is 12.2 Å². The molecule has 2 N–H and O–H groups in total. The van der Waals surface area contributed by atoms with Crippen molar-refractivity contribution in [1.29, 1.82) is 0 Å². The average molecular weight is 793 g/mol. The highest BCUT2D eigenvalue weighted by molar-refractivity contribution is 7.46. The Labute approximate surface area is 337 Å². The van der Waals surface area contributed by atoms with Crippen LogP contribution >= 0.6 is 7.82 Å². The first-order chi connectivity index (χ1) is 26.8. The summed E-state index contributed by atoms with van der Waals surface area (Å²) in [6.45, 7) is 3.61. The molecule has 0 saturated heterocycles. The fourth-order valence-electron chi connectivity index (χ4n) is 6.00. The van der Waals surface area contributed by atoms with Gasteiger partial charge in [0, 0.05) is 12.8 Å². The van der Waals surface area contributed by atoms with Crippen molar-refractivity contribution in [3.8, 4) is 0 Å². The molecule has 0 saturated carbocycles. The second-order valence-corrected chi connectivity index (χ2v) is 15.9. The molecular formula is C46H81O8P. The monoisotopic (exact) mass is 793 g/mol. The van der Waals surface area contributed by atoms with Gasteiger partial charge in [0.15, 0.2) is 6.10 Å². The van der Waals surface area contributed by atoms with Gasteiger partial charge in [-0.1, -0.05) is 197 Å². The van der Waals surface area contributed by atoms with Gasteiger partial charge in [0.2, 0.25) is 0 Å². The first kappa shape index (κ1) is 52.8. The maximum Gasteiger partial charge on any atom is 0.469 e. The van der Waals surface area contributed by atoms with Crippen LogP contribution in [0.5, 0.6) is 0 Å². The molecule has 0 fully saturated rings. The van der Waals surface area contributed by atoms with Gasteiger partial charge in [-0.05, 0) is 51.4 Å². The minimum atomic E-state index is -4.78. The molecule has 0 aromatic rings. The molecule has 0 aromatic carbocycles. The number of ether oxygens (including phenoxy) is 2. The molecule has 9 heteroatoms. The van der Waals surface area contributed by atoms with Gasteiger partial charge in [-0.25, -0.2) is 4.57 Å². The number of hydrogen-bond donors (Lipinski definition) is 2. The molecule has 1 atom stereocenters. The largest absolute Gasteiger partial charge is 0.469 e. The summed E-state index contributed by atoms with van der Waals surface area (Å²) < 4.78 is 26.3. The number of carbonyl (C=O) groups excluding carboxylic acids is 2. The van der Waals surface area contributed by atoms with Crippen molar-refractivity contribution in [2.45, 2.75) is 206 Å². The molecule has 0 rings (SSSR count). The molecule has 0 amide bonds. The second kappa shape index (κ2) is 41.4. The molecular weight excluding hydrogens is 711 g/mol. The Morgan fingerprint density at radius 1 is 0.473 bits per heavy atom. The lowest BCUT2D eigenvalue weighted by Gasteiger charge is -2.18. The van der Waals surface area contributed by atoms with Crippen LogP contribution in [0.25, 0.3) is 0 Å². The number of esters is 2. The van der Waals surface area contributed by atoms with Gasteiger partial charge in [0.05, 0.1) is 6.61 Å². The van der Waals surface area contributed by atoms with Gasteiger partial charge in [0.1, 0.15) is 6.61 Å². The van der Waals surface area contributed by atoms with E-state index in [0.29, 0.717) is 12.8 Å². The molecule has 0 unspecified atom stereocenters. The molecule has 8 nitrogen and oxygen atoms in total. The summed E-state index contributed by atoms with van der Waals surface area (Å²) in [6.07, 6.45) is 52.4. The van der Waals surface area contributed by atoms with E-state index in [9.17, 15) is 14.2 Å². The van der Waals surface area contributed by atoms with E-state index < -0.39 is 32.5 Å². The summed E-state index contributed by atoms with van der Waals surface area (Å²) in [5.41, 5.74) is 0. The Balaban J connectivity index is 4.01. The van der Waals surface area contributed by atoms with E-state index in [2.05, 4.69) is 67.0 Å². The van der Waals surface area contributed by atoms with Crippen molar-refractivity contribution in [2.24, 2.45) is 0 Å². The van der Waals surface area contributed by atoms with Gasteiger partial charge in [-0.2, -0.15) is 0 Å². The Bertz CT molecular complexity index is 1070. The van der Waals surface area contributed by atoms with E-state index in [1.165, 1.54) is 122 Å². The highest BCUT2D eigenvalue weighted by Gasteiger charge is 2.22. The SMILES string of the molecule is CCCCC/C=C/C/C=C/C/C=C/C/C=C/C/C=C/CCC(=O)O[C@H](COC(=O)CCCCCCCCCCCCCCCCCCCC)COP(=O)(O)O. The molecule has 0 radical (unpaired) electrons. The number of allylic oxidation sites excluding steroid dienone is 10. The van der Waals surface area contributed by atoms with Crippen molar-refractivity contribution in [1.82, 2.24) is 0 Å². The van der Waals surface area contributed by atoms with E-state index in [0.717, 1.165) is 38.5 Å². The molecule has 318 valence electrons. The van der Waals surface area contributed by atoms with Crippen molar-refractivity contribution in [3.63, 3.8) is 0 Å². The standard InChI is InChI=1S/C46H81O8P/c1-3-5-7-9-11-13-15-17-19-21-23-25-27-29-31-33-35-37-39-41-46(48)54-44(43-53-55(49,50)51)42-52-45(47)40-38-36-34-32-30-28-26-24-22-20-18-16-14-12-10-8-6-4-2/h11,13,17,19,23,25,29,31,35,37,44H,3-10,12,14-16,18,20-22,24,26-28,30,32-34,36,38-43H2,1-2H3,(H2,49,50,51)/b13-11+,19-17+,25-23+,31-29+,37-35+/t44-/m1/s1. The molecule has 0 aliphatic carbocycles. The highest BCUT2D eigenvalue weighted by Crippen LogP contribution is 2.36. The predicted molar refractivity (Wildman–Crippen MR) is 230 cm³/mol. The van der Waals surface area contributed by atoms with Gasteiger partial charge < -0.3 is 19.3 Å². The zero-order valence-electron chi connectivity index (χ0n) is 35.1. The van der Waals surface area contributed by atoms with E-state index >= 15 is 0 Å². The third-order valence-electron chi connectivity index (χ3n) is 9.30. The van der Waals surface area contributed by atoms with Crippen molar-refractivity contribution >= 4 is 19.8 Å². The van der Waals surface area contributed by atoms with Crippen LogP contribution in [0.3, 0.4) is 0 Å². The molecule has 0 spiro atoms. The van der Waals surface area contributed by atoms with E-state index in [-0.39, 0.29) is 19.4 Å². The Morgan fingerprint density at radius 3 is 1.29 bits per heavy atom. The maximum atomic E-state index is 12.4. The van der Waals surface area contributed by atoms with Crippen LogP contribution in [0.4, 0.5) is 0 Å². The van der Waals surface area contributed by atoms with Crippen molar-refractivity contribution in [3.05, 3.63) is 60.8 Å². The Morgan fingerprint density at radius 2 is 0.855 bits per heavy atom. The van der Waals surface area contributed by atoms with Crippen LogP contribution in [0, 0.1) is 0 Å². The minimum absolute atomic E-state index is 0.0881. The zero-order valence-corrected chi connectivity index (χ0v) is 36.0. The minimum Gasteiger partial charge on any atom is -0.462 e. The average Bonchev–Trinajstić information content (AvgIpc) is 3.16. The fourth-order valence-corrected chi connectivity index (χ4v) is 6.36. The zero-order chi connectivity index (χ0) is 40.3. The summed E-state index contributed by atoms with van der Waals surface area (Å²) in [5, 5.41) is 0. The third kappa shape index (κ3) is 44.3. The number of phosphoric acid groups is 1. The molecule has 0 aliphatic rings. The lowest BCUT2D eigenvalue weighted by Crippen LogP contribution is -2.29. The van der Waals surface area contributed by atoms with Gasteiger partial charge >= 0.3 is 19.8 Å². The molecule has 0 aliphatic heterocycles. The molecule has 55 heavy (non-hydrogen) atoms. The summed E-state index contributed by atoms with van der Waals surface area (Å²) in [6, 6.07) is 0. The summed E-state index contributed by atoms with van der Waals surface area (Å²) >= 11 is 0. The van der Waals surface area contributed by atoms with Crippen LogP contribution in [0.15, 0.2) is 60.8 Å². The van der Waals surface area contributed by atoms with E-state index in [4.69, 9.17) is 19.3 Å². The van der Waals surface area contributed by atoms with Crippen LogP contribution in [0.2, 0.25) is 0 Å². The van der Waals surface area contributed by atoms with Gasteiger partial charge in [-0.3, -0.25) is 14.1 Å². The smallest absolute Gasteiger partial charge is 0.462 e. The van der Waals surface area contributed by atoms with Crippen molar-refractivity contribution in [2.75, 3.05) is 13.2 Å². The molecule has 0 aromatic heterocycles. The van der Waals surface area contributed by atoms with Crippen LogP contribution in [-0.4, -0.2) is 41.0 Å². The van der Waals surface area contributed by atoms with Gasteiger partial charge in [0.25, 0.3) is 0 Å². The van der Waals surface area contributed by atoms with E-state index in [1.54, 1.807) is 0 Å². The second-order valence-electron chi connectivity index (χ2n) is 14.7. The number of phosphoric ester groups is 1. The van der Waals surface area contributed by atoms with Crippen LogP contribution in [0.1, 0.15) is 200 Å². The summed E-state index contributed by atoms with van der Waals surface area (Å²) in [7, 11) is -4.78. The quantitative estimate of drug-likeness (QED) is 0.0272. The first-order valence-electron chi connectivity index (χ1n) is 22.1. The summed E-state index contributed by atoms with van der Waals surface area (Å²) in [5.74, 6) is -0.977. The van der Waals surface area contributed by atoms with Crippen LogP contribution in [-0.2, 0) is 28.2 Å². The first-order valence-corrected chi connectivity index (χ1v) is 23.6. The van der Waals surface area contributed by atoms with Crippen molar-refractivity contribution < 1.29 is 37.9 Å². The molecule has 0 heterocycles. The van der Waals surface area contributed by atoms with Crippen LogP contribution < -0.4 is 0 Å². The number of carbonyl (C=O) groups is 2. The Kier molecular flexibility index (Phi) is 39.7. The number of unbranched alkanes of at least 4 members (excludes halogenated alkanes) is 20. The predicted octanol–water partition coefficient (Wildman–Crippen LogP) is 13.7. The highest BCUT2D eigenvalue weighted by atomic mass is 31.2. The number of hydrogen-bond acceptors (Lipinski definition) is 6. The maximum absolute atomic E-state index is 12.4. The number of rotatable bonds is 40. The third-order valence-corrected chi connectivity index (χ3v) is 9.79. The topological polar surface area (TPSA) is 119 Å².